The summed E-state index contributed by atoms with van der Waals surface area (Å²) in [6.07, 6.45) is 6.20. The lowest BCUT2D eigenvalue weighted by Crippen LogP contribution is -2.15. The third-order valence-electron chi connectivity index (χ3n) is 1.78. The van der Waals surface area contributed by atoms with E-state index in [-0.39, 0.29) is 0 Å². The largest absolute Gasteiger partial charge is 0.397 e. The Balaban J connectivity index is 2.63. The topological polar surface area (TPSA) is 50.9 Å². The first-order chi connectivity index (χ1) is 6.24. The molecule has 70 valence electrons. The van der Waals surface area contributed by atoms with Gasteiger partial charge in [0, 0.05) is 12.2 Å². The maximum absolute atomic E-state index is 5.74. The van der Waals surface area contributed by atoms with E-state index in [0.717, 1.165) is 17.8 Å². The van der Waals surface area contributed by atoms with Crippen molar-refractivity contribution in [3.05, 3.63) is 31.1 Å². The number of pyridine rings is 1. The minimum Gasteiger partial charge on any atom is -0.397 e. The molecular weight excluding hydrogens is 162 g/mol. The Labute approximate surface area is 78.7 Å². The van der Waals surface area contributed by atoms with E-state index in [2.05, 4.69) is 23.8 Å². The predicted octanol–water partition coefficient (Wildman–Crippen LogP) is 2.04. The molecule has 0 fully saturated rings. The van der Waals surface area contributed by atoms with Gasteiger partial charge in [0.25, 0.3) is 0 Å². The van der Waals surface area contributed by atoms with E-state index in [4.69, 9.17) is 5.73 Å². The number of hydrogen-bond acceptors (Lipinski definition) is 3. The van der Waals surface area contributed by atoms with E-state index >= 15 is 0 Å². The van der Waals surface area contributed by atoms with Crippen LogP contribution >= 0.6 is 0 Å². The Hall–Kier alpha value is -1.51. The van der Waals surface area contributed by atoms with Crippen molar-refractivity contribution >= 4 is 11.4 Å². The molecule has 0 aliphatic heterocycles. The number of aromatic nitrogens is 1. The molecule has 0 saturated carbocycles. The zero-order valence-electron chi connectivity index (χ0n) is 7.83. The van der Waals surface area contributed by atoms with Crippen LogP contribution in [0.25, 0.3) is 0 Å². The predicted molar refractivity (Wildman–Crippen MR) is 56.5 cm³/mol. The van der Waals surface area contributed by atoms with Gasteiger partial charge >= 0.3 is 0 Å². The molecule has 0 amide bonds. The first-order valence-corrected chi connectivity index (χ1v) is 4.31. The van der Waals surface area contributed by atoms with Crippen LogP contribution in [-0.2, 0) is 0 Å². The first kappa shape index (κ1) is 9.58. The number of nitrogen functional groups attached to an aromatic ring is 1. The van der Waals surface area contributed by atoms with E-state index in [1.807, 2.05) is 6.08 Å². The van der Waals surface area contributed by atoms with Gasteiger partial charge in [-0.25, -0.2) is 0 Å². The standard InChI is InChI=1S/C10H15N3/c1-3-4-8(2)13-10-7-12-6-5-9(10)11/h3,5-8,13H,1,4H2,2H3,(H2,11,12). The molecule has 0 bridgehead atoms. The summed E-state index contributed by atoms with van der Waals surface area (Å²) in [4.78, 5) is 3.99. The summed E-state index contributed by atoms with van der Waals surface area (Å²) in [6, 6.07) is 2.12. The summed E-state index contributed by atoms with van der Waals surface area (Å²) in [5, 5.41) is 3.25. The van der Waals surface area contributed by atoms with Crippen LogP contribution in [0.5, 0.6) is 0 Å². The monoisotopic (exact) mass is 177 g/mol. The molecule has 0 aromatic carbocycles. The van der Waals surface area contributed by atoms with Gasteiger partial charge in [0.2, 0.25) is 0 Å². The second-order valence-electron chi connectivity index (χ2n) is 3.03. The van der Waals surface area contributed by atoms with Gasteiger partial charge in [-0.2, -0.15) is 0 Å². The van der Waals surface area contributed by atoms with Crippen molar-refractivity contribution in [1.29, 1.82) is 0 Å². The molecular formula is C10H15N3. The molecule has 3 nitrogen and oxygen atoms in total. The molecule has 0 aliphatic rings. The van der Waals surface area contributed by atoms with Gasteiger partial charge in [-0.05, 0) is 19.4 Å². The quantitative estimate of drug-likeness (QED) is 0.692. The smallest absolute Gasteiger partial charge is 0.0762 e. The van der Waals surface area contributed by atoms with Gasteiger partial charge in [-0.15, -0.1) is 6.58 Å². The molecule has 13 heavy (non-hydrogen) atoms. The number of hydrogen-bond donors (Lipinski definition) is 2. The molecule has 1 heterocycles. The lowest BCUT2D eigenvalue weighted by Gasteiger charge is -2.14. The van der Waals surface area contributed by atoms with E-state index in [1.54, 1.807) is 18.5 Å². The van der Waals surface area contributed by atoms with E-state index < -0.39 is 0 Å². The summed E-state index contributed by atoms with van der Waals surface area (Å²) in [5.41, 5.74) is 7.35. The fourth-order valence-corrected chi connectivity index (χ4v) is 1.10. The summed E-state index contributed by atoms with van der Waals surface area (Å²) >= 11 is 0. The average Bonchev–Trinajstić information content (AvgIpc) is 2.09. The summed E-state index contributed by atoms with van der Waals surface area (Å²) in [5.74, 6) is 0. The Morgan fingerprint density at radius 3 is 3.15 bits per heavy atom. The second-order valence-corrected chi connectivity index (χ2v) is 3.03. The van der Waals surface area contributed by atoms with Crippen LogP contribution in [0.15, 0.2) is 31.1 Å². The van der Waals surface area contributed by atoms with Crippen molar-refractivity contribution in [1.82, 2.24) is 4.98 Å². The van der Waals surface area contributed by atoms with E-state index in [9.17, 15) is 0 Å². The van der Waals surface area contributed by atoms with E-state index in [0.29, 0.717) is 6.04 Å². The molecule has 0 radical (unpaired) electrons. The second kappa shape index (κ2) is 4.50. The minimum absolute atomic E-state index is 0.337. The van der Waals surface area contributed by atoms with Gasteiger partial charge in [-0.1, -0.05) is 6.08 Å². The number of rotatable bonds is 4. The molecule has 1 aromatic heterocycles. The minimum atomic E-state index is 0.337. The SMILES string of the molecule is C=CCC(C)Nc1cnccc1N. The summed E-state index contributed by atoms with van der Waals surface area (Å²) < 4.78 is 0. The first-order valence-electron chi connectivity index (χ1n) is 4.31. The zero-order chi connectivity index (χ0) is 9.68. The number of nitrogens with two attached hydrogens (primary N) is 1. The number of anilines is 2. The molecule has 1 atom stereocenters. The molecule has 1 unspecified atom stereocenters. The summed E-state index contributed by atoms with van der Waals surface area (Å²) in [7, 11) is 0. The van der Waals surface area contributed by atoms with Crippen LogP contribution < -0.4 is 11.1 Å². The fraction of sp³-hybridized carbons (Fsp3) is 0.300. The maximum Gasteiger partial charge on any atom is 0.0762 e. The van der Waals surface area contributed by atoms with Crippen molar-refractivity contribution in [3.63, 3.8) is 0 Å². The molecule has 0 spiro atoms. The third-order valence-corrected chi connectivity index (χ3v) is 1.78. The van der Waals surface area contributed by atoms with Crippen LogP contribution in [-0.4, -0.2) is 11.0 Å². The van der Waals surface area contributed by atoms with Crippen LogP contribution in [0.2, 0.25) is 0 Å². The zero-order valence-corrected chi connectivity index (χ0v) is 7.83. The van der Waals surface area contributed by atoms with Crippen molar-refractivity contribution in [2.45, 2.75) is 19.4 Å². The van der Waals surface area contributed by atoms with Crippen molar-refractivity contribution < 1.29 is 0 Å². The molecule has 0 saturated heterocycles. The van der Waals surface area contributed by atoms with Gasteiger partial charge in [0.1, 0.15) is 0 Å². The fourth-order valence-electron chi connectivity index (χ4n) is 1.10. The average molecular weight is 177 g/mol. The van der Waals surface area contributed by atoms with Gasteiger partial charge in [-0.3, -0.25) is 4.98 Å². The maximum atomic E-state index is 5.74. The lowest BCUT2D eigenvalue weighted by molar-refractivity contribution is 0.813. The highest BCUT2D eigenvalue weighted by atomic mass is 14.9. The third kappa shape index (κ3) is 2.78. The Morgan fingerprint density at radius 2 is 2.54 bits per heavy atom. The van der Waals surface area contributed by atoms with Crippen molar-refractivity contribution in [2.24, 2.45) is 0 Å². The number of nitrogens with zero attached hydrogens (tertiary/aromatic N) is 1. The lowest BCUT2D eigenvalue weighted by atomic mass is 10.2. The highest BCUT2D eigenvalue weighted by Crippen LogP contribution is 2.16. The normalized spacial score (nSPS) is 12.1. The molecule has 1 rings (SSSR count). The summed E-state index contributed by atoms with van der Waals surface area (Å²) in [6.45, 7) is 5.76. The molecule has 1 aromatic rings. The highest BCUT2D eigenvalue weighted by molar-refractivity contribution is 5.64. The van der Waals surface area contributed by atoms with Crippen LogP contribution in [0.3, 0.4) is 0 Å². The van der Waals surface area contributed by atoms with E-state index in [1.165, 1.54) is 0 Å². The van der Waals surface area contributed by atoms with Crippen molar-refractivity contribution in [2.75, 3.05) is 11.1 Å². The highest BCUT2D eigenvalue weighted by Gasteiger charge is 2.01. The van der Waals surface area contributed by atoms with Crippen LogP contribution in [0.1, 0.15) is 13.3 Å². The Kier molecular flexibility index (Phi) is 3.31. The van der Waals surface area contributed by atoms with Gasteiger partial charge in [0.15, 0.2) is 0 Å². The molecule has 3 N–H and O–H groups in total. The van der Waals surface area contributed by atoms with Gasteiger partial charge in [0.05, 0.1) is 17.6 Å². The van der Waals surface area contributed by atoms with Crippen LogP contribution in [0, 0.1) is 0 Å². The van der Waals surface area contributed by atoms with Crippen LogP contribution in [0.4, 0.5) is 11.4 Å². The molecule has 0 aliphatic carbocycles. The van der Waals surface area contributed by atoms with Gasteiger partial charge < -0.3 is 11.1 Å². The molecule has 3 heteroatoms. The Morgan fingerprint density at radius 1 is 1.77 bits per heavy atom. The Bertz CT molecular complexity index is 283. The number of nitrogens with one attached hydrogen (secondary N) is 1. The van der Waals surface area contributed by atoms with Crippen molar-refractivity contribution in [3.8, 4) is 0 Å².